The van der Waals surface area contributed by atoms with E-state index in [9.17, 15) is 5.11 Å². The van der Waals surface area contributed by atoms with Crippen LogP contribution in [-0.2, 0) is 6.54 Å². The molecule has 0 spiro atoms. The maximum atomic E-state index is 10.4. The van der Waals surface area contributed by atoms with Crippen LogP contribution in [0.2, 0.25) is 0 Å². The van der Waals surface area contributed by atoms with Gasteiger partial charge < -0.3 is 5.11 Å². The zero-order valence-electron chi connectivity index (χ0n) is 9.85. The van der Waals surface area contributed by atoms with E-state index in [4.69, 9.17) is 0 Å². The summed E-state index contributed by atoms with van der Waals surface area (Å²) in [7, 11) is 0. The highest BCUT2D eigenvalue weighted by atomic mass is 79.9. The van der Waals surface area contributed by atoms with Crippen molar-refractivity contribution in [3.63, 3.8) is 0 Å². The van der Waals surface area contributed by atoms with Gasteiger partial charge in [-0.3, -0.25) is 0 Å². The molecule has 0 aliphatic heterocycles. The van der Waals surface area contributed by atoms with E-state index in [-0.39, 0.29) is 0 Å². The summed E-state index contributed by atoms with van der Waals surface area (Å²) in [5, 5.41) is 18.3. The lowest BCUT2D eigenvalue weighted by molar-refractivity contribution is 0.206. The highest BCUT2D eigenvalue weighted by Gasteiger charge is 2.18. The summed E-state index contributed by atoms with van der Waals surface area (Å²) in [4.78, 5) is 0. The van der Waals surface area contributed by atoms with Crippen LogP contribution in [0.25, 0.3) is 0 Å². The predicted molar refractivity (Wildman–Crippen MR) is 76.2 cm³/mol. The van der Waals surface area contributed by atoms with E-state index in [1.807, 2.05) is 18.2 Å². The van der Waals surface area contributed by atoms with E-state index in [0.29, 0.717) is 5.69 Å². The SMILES string of the molecule is CCCn1nncc1C(O)c1cc(Br)ccc1Br. The number of aromatic nitrogens is 3. The lowest BCUT2D eigenvalue weighted by Crippen LogP contribution is -2.10. The number of benzene rings is 1. The molecule has 2 rings (SSSR count). The quantitative estimate of drug-likeness (QED) is 0.893. The van der Waals surface area contributed by atoms with Crippen molar-refractivity contribution in [1.82, 2.24) is 15.0 Å². The van der Waals surface area contributed by atoms with Gasteiger partial charge in [-0.2, -0.15) is 0 Å². The highest BCUT2D eigenvalue weighted by molar-refractivity contribution is 9.11. The Morgan fingerprint density at radius 1 is 1.39 bits per heavy atom. The van der Waals surface area contributed by atoms with Crippen molar-refractivity contribution in [3.8, 4) is 0 Å². The monoisotopic (exact) mass is 373 g/mol. The molecule has 0 aliphatic carbocycles. The molecule has 1 heterocycles. The molecule has 1 aromatic heterocycles. The van der Waals surface area contributed by atoms with Crippen molar-refractivity contribution in [3.05, 3.63) is 44.6 Å². The molecule has 1 aromatic carbocycles. The summed E-state index contributed by atoms with van der Waals surface area (Å²) in [6, 6.07) is 5.70. The molecule has 1 atom stereocenters. The molecule has 18 heavy (non-hydrogen) atoms. The normalized spacial score (nSPS) is 12.7. The molecule has 0 bridgehead atoms. The molecule has 1 unspecified atom stereocenters. The summed E-state index contributed by atoms with van der Waals surface area (Å²) in [6.07, 6.45) is 1.81. The van der Waals surface area contributed by atoms with Gasteiger partial charge in [-0.25, -0.2) is 4.68 Å². The van der Waals surface area contributed by atoms with E-state index in [2.05, 4.69) is 49.1 Å². The minimum Gasteiger partial charge on any atom is -0.382 e. The van der Waals surface area contributed by atoms with E-state index in [1.54, 1.807) is 10.9 Å². The summed E-state index contributed by atoms with van der Waals surface area (Å²) < 4.78 is 3.52. The molecule has 2 aromatic rings. The molecule has 0 saturated heterocycles. The fourth-order valence-electron chi connectivity index (χ4n) is 1.75. The number of hydrogen-bond donors (Lipinski definition) is 1. The van der Waals surface area contributed by atoms with Crippen LogP contribution in [-0.4, -0.2) is 20.1 Å². The van der Waals surface area contributed by atoms with Crippen LogP contribution in [0.3, 0.4) is 0 Å². The Morgan fingerprint density at radius 3 is 2.89 bits per heavy atom. The van der Waals surface area contributed by atoms with Gasteiger partial charge in [-0.1, -0.05) is 44.0 Å². The number of aliphatic hydroxyl groups excluding tert-OH is 1. The molecule has 0 fully saturated rings. The summed E-state index contributed by atoms with van der Waals surface area (Å²) in [5.74, 6) is 0. The summed E-state index contributed by atoms with van der Waals surface area (Å²) >= 11 is 6.86. The molecule has 1 N–H and O–H groups in total. The molecular weight excluding hydrogens is 362 g/mol. The van der Waals surface area contributed by atoms with Gasteiger partial charge in [0.1, 0.15) is 6.10 Å². The Bertz CT molecular complexity index is 542. The van der Waals surface area contributed by atoms with Gasteiger partial charge in [0.2, 0.25) is 0 Å². The Balaban J connectivity index is 2.38. The fraction of sp³-hybridized carbons (Fsp3) is 0.333. The molecule has 6 heteroatoms. The van der Waals surface area contributed by atoms with Crippen molar-refractivity contribution in [2.45, 2.75) is 26.0 Å². The van der Waals surface area contributed by atoms with E-state index in [1.165, 1.54) is 0 Å². The predicted octanol–water partition coefficient (Wildman–Crippen LogP) is 3.29. The highest BCUT2D eigenvalue weighted by Crippen LogP contribution is 2.30. The van der Waals surface area contributed by atoms with Crippen molar-refractivity contribution >= 4 is 31.9 Å². The Kier molecular flexibility index (Phi) is 4.53. The van der Waals surface area contributed by atoms with Crippen LogP contribution in [0.15, 0.2) is 33.3 Å². The van der Waals surface area contributed by atoms with Crippen LogP contribution in [0.5, 0.6) is 0 Å². The average Bonchev–Trinajstić information content (AvgIpc) is 2.80. The van der Waals surface area contributed by atoms with E-state index in [0.717, 1.165) is 27.5 Å². The van der Waals surface area contributed by atoms with Crippen LogP contribution in [0.1, 0.15) is 30.7 Å². The third kappa shape index (κ3) is 2.81. The lowest BCUT2D eigenvalue weighted by Gasteiger charge is -2.14. The van der Waals surface area contributed by atoms with Crippen molar-refractivity contribution in [1.29, 1.82) is 0 Å². The smallest absolute Gasteiger partial charge is 0.123 e. The minimum absolute atomic E-state index is 0.704. The van der Waals surface area contributed by atoms with Gasteiger partial charge in [0.25, 0.3) is 0 Å². The van der Waals surface area contributed by atoms with Gasteiger partial charge in [0.05, 0.1) is 11.9 Å². The molecule has 0 amide bonds. The van der Waals surface area contributed by atoms with Crippen LogP contribution < -0.4 is 0 Å². The number of aryl methyl sites for hydroxylation is 1. The molecular formula is C12H13Br2N3O. The van der Waals surface area contributed by atoms with Gasteiger partial charge in [0, 0.05) is 21.1 Å². The first-order valence-electron chi connectivity index (χ1n) is 5.65. The Labute approximate surface area is 122 Å². The first-order valence-corrected chi connectivity index (χ1v) is 7.23. The number of rotatable bonds is 4. The second kappa shape index (κ2) is 5.95. The first kappa shape index (κ1) is 13.7. The molecule has 96 valence electrons. The van der Waals surface area contributed by atoms with E-state index < -0.39 is 6.10 Å². The van der Waals surface area contributed by atoms with Crippen LogP contribution >= 0.6 is 31.9 Å². The second-order valence-electron chi connectivity index (χ2n) is 3.95. The van der Waals surface area contributed by atoms with Crippen molar-refractivity contribution in [2.75, 3.05) is 0 Å². The molecule has 4 nitrogen and oxygen atoms in total. The zero-order chi connectivity index (χ0) is 13.1. The van der Waals surface area contributed by atoms with Crippen molar-refractivity contribution < 1.29 is 5.11 Å². The fourth-order valence-corrected chi connectivity index (χ4v) is 2.59. The first-order chi connectivity index (χ1) is 8.63. The average molecular weight is 375 g/mol. The topological polar surface area (TPSA) is 50.9 Å². The summed E-state index contributed by atoms with van der Waals surface area (Å²) in [5.41, 5.74) is 1.50. The lowest BCUT2D eigenvalue weighted by atomic mass is 10.1. The minimum atomic E-state index is -0.738. The maximum Gasteiger partial charge on any atom is 0.123 e. The van der Waals surface area contributed by atoms with Gasteiger partial charge in [0.15, 0.2) is 0 Å². The molecule has 0 radical (unpaired) electrons. The number of hydrogen-bond acceptors (Lipinski definition) is 3. The number of aliphatic hydroxyl groups is 1. The van der Waals surface area contributed by atoms with Gasteiger partial charge in [-0.15, -0.1) is 5.10 Å². The third-order valence-electron chi connectivity index (χ3n) is 2.62. The zero-order valence-corrected chi connectivity index (χ0v) is 13.0. The van der Waals surface area contributed by atoms with Crippen molar-refractivity contribution in [2.24, 2.45) is 0 Å². The van der Waals surface area contributed by atoms with Crippen LogP contribution in [0.4, 0.5) is 0 Å². The molecule has 0 saturated carbocycles. The second-order valence-corrected chi connectivity index (χ2v) is 5.72. The van der Waals surface area contributed by atoms with Gasteiger partial charge in [-0.05, 0) is 24.6 Å². The Morgan fingerprint density at radius 2 is 2.17 bits per heavy atom. The van der Waals surface area contributed by atoms with Gasteiger partial charge >= 0.3 is 0 Å². The molecule has 0 aliphatic rings. The standard InChI is InChI=1S/C12H13Br2N3O/c1-2-5-17-11(7-15-16-17)12(18)9-6-8(13)3-4-10(9)14/h3-4,6-7,12,18H,2,5H2,1H3. The number of nitrogens with zero attached hydrogens (tertiary/aromatic N) is 3. The Hall–Kier alpha value is -0.720. The third-order valence-corrected chi connectivity index (χ3v) is 3.83. The summed E-state index contributed by atoms with van der Waals surface area (Å²) in [6.45, 7) is 2.81. The van der Waals surface area contributed by atoms with Crippen LogP contribution in [0, 0.1) is 0 Å². The maximum absolute atomic E-state index is 10.4. The largest absolute Gasteiger partial charge is 0.382 e. The van der Waals surface area contributed by atoms with E-state index >= 15 is 0 Å². The number of halogens is 2.